The largest absolute Gasteiger partial charge is 0.552 e. The number of nitrogens with one attached hydrogen (secondary N) is 2. The molecule has 1 saturated heterocycles. The third-order valence-corrected chi connectivity index (χ3v) is 6.03. The number of ether oxygens (including phenoxy) is 1. The molecule has 5 atom stereocenters. The Morgan fingerprint density at radius 1 is 1.10 bits per heavy atom. The van der Waals surface area contributed by atoms with Crippen LogP contribution in [0.5, 0.6) is 0 Å². The Labute approximate surface area is 226 Å². The van der Waals surface area contributed by atoms with Gasteiger partial charge < -0.3 is 35.5 Å². The first kappa shape index (κ1) is 29.7. The number of pyridine rings is 1. The quantitative estimate of drug-likeness (QED) is 0.241. The number of carbonyl (C=O) groups is 4. The standard InChI is InChI=1S/C26H33BN4O8/c1-14(2)13-19(27-38-22(26(36)37-4)20(28)25(35)39-27)30-24(34)21(15(3)32)31-23(33)18-12-8-11-17(29-18)16-9-6-5-7-10-16/h5-12,14-15,19-22,32H,13,28H2,1-4H3,(H,30,34)(H,31,33)/t15-,19+,20+,21+,22-/m1/s1. The molecule has 2 heterocycles. The van der Waals surface area contributed by atoms with Crippen molar-refractivity contribution in [1.29, 1.82) is 0 Å². The van der Waals surface area contributed by atoms with Crippen LogP contribution in [0.3, 0.4) is 0 Å². The maximum absolute atomic E-state index is 13.3. The van der Waals surface area contributed by atoms with E-state index in [1.165, 1.54) is 13.0 Å². The highest BCUT2D eigenvalue weighted by Crippen LogP contribution is 2.19. The average Bonchev–Trinajstić information content (AvgIpc) is 2.92. The third-order valence-electron chi connectivity index (χ3n) is 6.03. The molecule has 1 aliphatic heterocycles. The first-order valence-corrected chi connectivity index (χ1v) is 12.5. The Bertz CT molecular complexity index is 1180. The summed E-state index contributed by atoms with van der Waals surface area (Å²) in [6.07, 6.45) is -2.45. The molecule has 0 bridgehead atoms. The van der Waals surface area contributed by atoms with Crippen molar-refractivity contribution in [2.75, 3.05) is 7.11 Å². The van der Waals surface area contributed by atoms with Crippen LogP contribution in [0, 0.1) is 5.92 Å². The van der Waals surface area contributed by atoms with Gasteiger partial charge in [0.15, 0.2) is 6.10 Å². The number of amides is 2. The lowest BCUT2D eigenvalue weighted by molar-refractivity contribution is -0.162. The van der Waals surface area contributed by atoms with E-state index in [1.807, 2.05) is 44.2 Å². The van der Waals surface area contributed by atoms with Crippen LogP contribution in [-0.4, -0.2) is 78.3 Å². The van der Waals surface area contributed by atoms with E-state index in [2.05, 4.69) is 20.4 Å². The molecule has 39 heavy (non-hydrogen) atoms. The van der Waals surface area contributed by atoms with Crippen molar-refractivity contribution in [2.45, 2.75) is 57.4 Å². The molecule has 13 heteroatoms. The Hall–Kier alpha value is -3.81. The number of rotatable bonds is 10. The van der Waals surface area contributed by atoms with E-state index >= 15 is 0 Å². The molecule has 12 nitrogen and oxygen atoms in total. The van der Waals surface area contributed by atoms with Gasteiger partial charge >= 0.3 is 19.1 Å². The van der Waals surface area contributed by atoms with Gasteiger partial charge in [0.2, 0.25) is 5.91 Å². The van der Waals surface area contributed by atoms with E-state index in [4.69, 9.17) is 15.0 Å². The molecule has 0 aliphatic carbocycles. The van der Waals surface area contributed by atoms with E-state index in [1.54, 1.807) is 12.1 Å². The van der Waals surface area contributed by atoms with Gasteiger partial charge in [0.05, 0.1) is 24.8 Å². The van der Waals surface area contributed by atoms with Gasteiger partial charge in [-0.25, -0.2) is 9.78 Å². The van der Waals surface area contributed by atoms with Crippen molar-refractivity contribution >= 4 is 30.9 Å². The second kappa shape index (κ2) is 13.3. The zero-order chi connectivity index (χ0) is 28.7. The summed E-state index contributed by atoms with van der Waals surface area (Å²) >= 11 is 0. The molecule has 2 aromatic rings. The van der Waals surface area contributed by atoms with E-state index in [0.717, 1.165) is 12.7 Å². The molecule has 0 saturated carbocycles. The fourth-order valence-corrected chi connectivity index (χ4v) is 4.04. The van der Waals surface area contributed by atoms with Gasteiger partial charge in [-0.2, -0.15) is 0 Å². The van der Waals surface area contributed by atoms with Crippen molar-refractivity contribution in [1.82, 2.24) is 15.6 Å². The minimum atomic E-state index is -1.43. The van der Waals surface area contributed by atoms with Crippen LogP contribution in [-0.2, 0) is 28.4 Å². The number of methoxy groups -OCH3 is 1. The van der Waals surface area contributed by atoms with Crippen LogP contribution in [0.4, 0.5) is 0 Å². The highest BCUT2D eigenvalue weighted by atomic mass is 16.7. The zero-order valence-corrected chi connectivity index (χ0v) is 22.2. The molecule has 5 N–H and O–H groups in total. The third kappa shape index (κ3) is 7.62. The minimum absolute atomic E-state index is 0.00528. The number of hydrogen-bond acceptors (Lipinski definition) is 10. The fraction of sp³-hybridized carbons (Fsp3) is 0.423. The predicted molar refractivity (Wildman–Crippen MR) is 141 cm³/mol. The fourth-order valence-electron chi connectivity index (χ4n) is 4.04. The van der Waals surface area contributed by atoms with E-state index in [-0.39, 0.29) is 18.0 Å². The molecule has 1 aromatic heterocycles. The van der Waals surface area contributed by atoms with Crippen molar-refractivity contribution in [3.05, 3.63) is 54.2 Å². The van der Waals surface area contributed by atoms with Crippen molar-refractivity contribution < 1.29 is 38.3 Å². The number of hydrogen-bond donors (Lipinski definition) is 4. The highest BCUT2D eigenvalue weighted by Gasteiger charge is 2.49. The van der Waals surface area contributed by atoms with Crippen LogP contribution in [0.2, 0.25) is 0 Å². The monoisotopic (exact) mass is 540 g/mol. The number of carbonyl (C=O) groups excluding carboxylic acids is 4. The number of esters is 1. The first-order valence-electron chi connectivity index (χ1n) is 12.5. The van der Waals surface area contributed by atoms with Crippen molar-refractivity contribution in [2.24, 2.45) is 11.7 Å². The SMILES string of the molecule is COC(=O)[C@@H]1OB([C@H](CC(C)C)NC(=O)[C@@H](NC(=O)c2cccc(-c3ccccc3)n2)[C@@H](C)O)OC(=O)[C@H]1N. The smallest absolute Gasteiger partial charge is 0.507 e. The number of aromatic nitrogens is 1. The maximum Gasteiger partial charge on any atom is 0.552 e. The Kier molecular flexibility index (Phi) is 10.2. The zero-order valence-electron chi connectivity index (χ0n) is 22.2. The van der Waals surface area contributed by atoms with Gasteiger partial charge in [0.1, 0.15) is 17.8 Å². The minimum Gasteiger partial charge on any atom is -0.507 e. The van der Waals surface area contributed by atoms with Crippen molar-refractivity contribution in [3.63, 3.8) is 0 Å². The summed E-state index contributed by atoms with van der Waals surface area (Å²) < 4.78 is 15.5. The topological polar surface area (TPSA) is 179 Å². The lowest BCUT2D eigenvalue weighted by Crippen LogP contribution is -2.64. The Morgan fingerprint density at radius 2 is 1.79 bits per heavy atom. The Balaban J connectivity index is 1.77. The van der Waals surface area contributed by atoms with Crippen LogP contribution in [0.25, 0.3) is 11.3 Å². The van der Waals surface area contributed by atoms with Crippen LogP contribution >= 0.6 is 0 Å². The van der Waals surface area contributed by atoms with Gasteiger partial charge in [-0.3, -0.25) is 14.4 Å². The van der Waals surface area contributed by atoms with Gasteiger partial charge in [-0.1, -0.05) is 50.2 Å². The molecular formula is C26H33BN4O8. The molecule has 0 unspecified atom stereocenters. The number of benzene rings is 1. The molecular weight excluding hydrogens is 507 g/mol. The highest BCUT2D eigenvalue weighted by molar-refractivity contribution is 6.50. The van der Waals surface area contributed by atoms with Crippen LogP contribution < -0.4 is 16.4 Å². The van der Waals surface area contributed by atoms with E-state index < -0.39 is 61.1 Å². The number of aliphatic hydroxyl groups excluding tert-OH is 1. The summed E-state index contributed by atoms with van der Waals surface area (Å²) in [6, 6.07) is 11.4. The summed E-state index contributed by atoms with van der Waals surface area (Å²) in [7, 11) is -0.233. The Morgan fingerprint density at radius 3 is 2.41 bits per heavy atom. The van der Waals surface area contributed by atoms with Crippen molar-refractivity contribution in [3.8, 4) is 11.3 Å². The molecule has 1 aromatic carbocycles. The molecule has 0 radical (unpaired) electrons. The van der Waals surface area contributed by atoms with Gasteiger partial charge in [-0.15, -0.1) is 0 Å². The first-order chi connectivity index (χ1) is 18.5. The molecule has 0 spiro atoms. The summed E-state index contributed by atoms with van der Waals surface area (Å²) in [5, 5.41) is 15.5. The second-order valence-electron chi connectivity index (χ2n) is 9.62. The molecule has 2 amide bonds. The molecule has 1 fully saturated rings. The van der Waals surface area contributed by atoms with Crippen LogP contribution in [0.1, 0.15) is 37.7 Å². The second-order valence-corrected chi connectivity index (χ2v) is 9.62. The van der Waals surface area contributed by atoms with E-state index in [9.17, 15) is 24.3 Å². The molecule has 3 rings (SSSR count). The summed E-state index contributed by atoms with van der Waals surface area (Å²) in [6.45, 7) is 5.08. The van der Waals surface area contributed by atoms with E-state index in [0.29, 0.717) is 5.69 Å². The van der Waals surface area contributed by atoms with Crippen LogP contribution in [0.15, 0.2) is 48.5 Å². The predicted octanol–water partition coefficient (Wildman–Crippen LogP) is 0.228. The van der Waals surface area contributed by atoms with Gasteiger partial charge in [-0.05, 0) is 31.4 Å². The normalized spacial score (nSPS) is 19.5. The maximum atomic E-state index is 13.3. The van der Waals surface area contributed by atoms with Gasteiger partial charge in [0, 0.05) is 5.56 Å². The number of aliphatic hydroxyl groups is 1. The van der Waals surface area contributed by atoms with Gasteiger partial charge in [0.25, 0.3) is 5.91 Å². The molecule has 1 aliphatic rings. The summed E-state index contributed by atoms with van der Waals surface area (Å²) in [4.78, 5) is 55.1. The number of nitrogens with two attached hydrogens (primary N) is 1. The lowest BCUT2D eigenvalue weighted by atomic mass is 9.72. The number of nitrogens with zero attached hydrogens (tertiary/aromatic N) is 1. The summed E-state index contributed by atoms with van der Waals surface area (Å²) in [5.41, 5.74) is 7.15. The lowest BCUT2D eigenvalue weighted by Gasteiger charge is -2.35. The summed E-state index contributed by atoms with van der Waals surface area (Å²) in [5.74, 6) is -4.13. The average molecular weight is 540 g/mol. The molecule has 208 valence electrons.